The van der Waals surface area contributed by atoms with Crippen molar-refractivity contribution in [3.8, 4) is 5.88 Å². The van der Waals surface area contributed by atoms with Gasteiger partial charge in [-0.3, -0.25) is 0 Å². The lowest BCUT2D eigenvalue weighted by Crippen LogP contribution is -2.26. The summed E-state index contributed by atoms with van der Waals surface area (Å²) in [6.07, 6.45) is -0.558. The van der Waals surface area contributed by atoms with Gasteiger partial charge in [-0.25, -0.2) is 4.98 Å². The highest BCUT2D eigenvalue weighted by Crippen LogP contribution is 2.36. The Morgan fingerprint density at radius 2 is 1.95 bits per heavy atom. The molecule has 1 aliphatic rings. The quantitative estimate of drug-likeness (QED) is 0.922. The Balaban J connectivity index is 2.04. The third-order valence-electron chi connectivity index (χ3n) is 3.41. The molecule has 1 heterocycles. The predicted octanol–water partition coefficient (Wildman–Crippen LogP) is 3.03. The van der Waals surface area contributed by atoms with Crippen LogP contribution in [0.2, 0.25) is 0 Å². The molecule has 0 spiro atoms. The molecular formula is C13H16F3NO2. The van der Waals surface area contributed by atoms with E-state index in [0.29, 0.717) is 12.8 Å². The second-order valence-electron chi connectivity index (χ2n) is 4.80. The van der Waals surface area contributed by atoms with Gasteiger partial charge in [0.15, 0.2) is 0 Å². The summed E-state index contributed by atoms with van der Waals surface area (Å²) in [4.78, 5) is 3.69. The Bertz CT molecular complexity index is 415. The highest BCUT2D eigenvalue weighted by molar-refractivity contribution is 5.28. The Morgan fingerprint density at radius 1 is 1.26 bits per heavy atom. The molecule has 2 rings (SSSR count). The van der Waals surface area contributed by atoms with Crippen molar-refractivity contribution in [1.29, 1.82) is 0 Å². The molecule has 19 heavy (non-hydrogen) atoms. The van der Waals surface area contributed by atoms with Crippen LogP contribution in [0.3, 0.4) is 0 Å². The van der Waals surface area contributed by atoms with E-state index in [0.717, 1.165) is 18.9 Å². The van der Waals surface area contributed by atoms with Gasteiger partial charge in [-0.15, -0.1) is 0 Å². The van der Waals surface area contributed by atoms with Crippen molar-refractivity contribution >= 4 is 0 Å². The van der Waals surface area contributed by atoms with Crippen LogP contribution in [0, 0.1) is 5.92 Å². The minimum atomic E-state index is -4.45. The fourth-order valence-corrected chi connectivity index (χ4v) is 2.29. The van der Waals surface area contributed by atoms with E-state index < -0.39 is 11.7 Å². The van der Waals surface area contributed by atoms with E-state index in [2.05, 4.69) is 4.98 Å². The Labute approximate surface area is 109 Å². The highest BCUT2D eigenvalue weighted by atomic mass is 19.4. The van der Waals surface area contributed by atoms with Crippen molar-refractivity contribution in [2.24, 2.45) is 5.92 Å². The third-order valence-corrected chi connectivity index (χ3v) is 3.41. The van der Waals surface area contributed by atoms with Crippen LogP contribution >= 0.6 is 0 Å². The molecular weight excluding hydrogens is 259 g/mol. The molecule has 1 saturated carbocycles. The lowest BCUT2D eigenvalue weighted by molar-refractivity contribution is -0.139. The number of aliphatic hydroxyl groups excluding tert-OH is 1. The first-order valence-electron chi connectivity index (χ1n) is 6.30. The topological polar surface area (TPSA) is 42.4 Å². The van der Waals surface area contributed by atoms with E-state index in [1.165, 1.54) is 12.3 Å². The van der Waals surface area contributed by atoms with Crippen LogP contribution in [-0.4, -0.2) is 22.8 Å². The number of nitrogens with zero attached hydrogens (tertiary/aromatic N) is 1. The van der Waals surface area contributed by atoms with Gasteiger partial charge in [0.05, 0.1) is 0 Å². The lowest BCUT2D eigenvalue weighted by Gasteiger charge is -2.28. The summed E-state index contributed by atoms with van der Waals surface area (Å²) >= 11 is 0. The summed E-state index contributed by atoms with van der Waals surface area (Å²) in [5.41, 5.74) is -0.834. The van der Waals surface area contributed by atoms with Crippen molar-refractivity contribution < 1.29 is 23.0 Å². The monoisotopic (exact) mass is 275 g/mol. The van der Waals surface area contributed by atoms with Crippen molar-refractivity contribution in [3.63, 3.8) is 0 Å². The molecule has 6 heteroatoms. The van der Waals surface area contributed by atoms with Gasteiger partial charge in [-0.2, -0.15) is 13.2 Å². The largest absolute Gasteiger partial charge is 0.474 e. The number of halogens is 3. The summed E-state index contributed by atoms with van der Waals surface area (Å²) in [6, 6.07) is 2.22. The fraction of sp³-hybridized carbons (Fsp3) is 0.615. The molecule has 0 amide bonds. The summed E-state index contributed by atoms with van der Waals surface area (Å²) in [6.45, 7) is 0.129. The SMILES string of the molecule is OCC1CCC(Oc2ncccc2C(F)(F)F)CC1. The molecule has 0 saturated heterocycles. The molecule has 0 unspecified atom stereocenters. The molecule has 106 valence electrons. The number of aliphatic hydroxyl groups is 1. The van der Waals surface area contributed by atoms with Gasteiger partial charge in [0.1, 0.15) is 11.7 Å². The maximum atomic E-state index is 12.8. The fourth-order valence-electron chi connectivity index (χ4n) is 2.29. The zero-order valence-electron chi connectivity index (χ0n) is 10.4. The number of hydrogen-bond donors (Lipinski definition) is 1. The maximum Gasteiger partial charge on any atom is 0.421 e. The van der Waals surface area contributed by atoms with Gasteiger partial charge < -0.3 is 9.84 Å². The first-order chi connectivity index (χ1) is 9.00. The summed E-state index contributed by atoms with van der Waals surface area (Å²) in [7, 11) is 0. The molecule has 1 aromatic heterocycles. The maximum absolute atomic E-state index is 12.8. The molecule has 0 bridgehead atoms. The van der Waals surface area contributed by atoms with Gasteiger partial charge in [-0.05, 0) is 43.7 Å². The van der Waals surface area contributed by atoms with Crippen molar-refractivity contribution in [3.05, 3.63) is 23.9 Å². The van der Waals surface area contributed by atoms with E-state index in [4.69, 9.17) is 9.84 Å². The van der Waals surface area contributed by atoms with E-state index in [9.17, 15) is 13.2 Å². The van der Waals surface area contributed by atoms with Crippen LogP contribution in [0.1, 0.15) is 31.2 Å². The summed E-state index contributed by atoms with van der Waals surface area (Å²) in [5.74, 6) is -0.104. The lowest BCUT2D eigenvalue weighted by atomic mass is 9.88. The van der Waals surface area contributed by atoms with E-state index in [1.807, 2.05) is 0 Å². The third kappa shape index (κ3) is 3.59. The number of aromatic nitrogens is 1. The highest BCUT2D eigenvalue weighted by Gasteiger charge is 2.36. The van der Waals surface area contributed by atoms with E-state index >= 15 is 0 Å². The van der Waals surface area contributed by atoms with Crippen LogP contribution in [0.15, 0.2) is 18.3 Å². The van der Waals surface area contributed by atoms with Gasteiger partial charge in [-0.1, -0.05) is 0 Å². The van der Waals surface area contributed by atoms with Crippen LogP contribution in [0.4, 0.5) is 13.2 Å². The second kappa shape index (κ2) is 5.77. The smallest absolute Gasteiger partial charge is 0.421 e. The molecule has 1 aromatic rings. The zero-order valence-corrected chi connectivity index (χ0v) is 10.4. The Hall–Kier alpha value is -1.30. The number of alkyl halides is 3. The van der Waals surface area contributed by atoms with Crippen molar-refractivity contribution in [1.82, 2.24) is 4.98 Å². The molecule has 1 aliphatic carbocycles. The number of hydrogen-bond acceptors (Lipinski definition) is 3. The molecule has 1 fully saturated rings. The first-order valence-corrected chi connectivity index (χ1v) is 6.30. The zero-order chi connectivity index (χ0) is 13.9. The van der Waals surface area contributed by atoms with Gasteiger partial charge in [0, 0.05) is 12.8 Å². The average Bonchev–Trinajstić information content (AvgIpc) is 2.39. The second-order valence-corrected chi connectivity index (χ2v) is 4.80. The van der Waals surface area contributed by atoms with Gasteiger partial charge in [0.2, 0.25) is 5.88 Å². The predicted molar refractivity (Wildman–Crippen MR) is 62.7 cm³/mol. The van der Waals surface area contributed by atoms with E-state index in [-0.39, 0.29) is 24.5 Å². The van der Waals surface area contributed by atoms with Crippen LogP contribution < -0.4 is 4.74 Å². The summed E-state index contributed by atoms with van der Waals surface area (Å²) in [5, 5.41) is 9.02. The van der Waals surface area contributed by atoms with Crippen LogP contribution in [-0.2, 0) is 6.18 Å². The minimum Gasteiger partial charge on any atom is -0.474 e. The van der Waals surface area contributed by atoms with Crippen molar-refractivity contribution in [2.45, 2.75) is 38.0 Å². The number of pyridine rings is 1. The van der Waals surface area contributed by atoms with E-state index in [1.54, 1.807) is 0 Å². The average molecular weight is 275 g/mol. The van der Waals surface area contributed by atoms with Gasteiger partial charge in [0.25, 0.3) is 0 Å². The molecule has 3 nitrogen and oxygen atoms in total. The number of ether oxygens (including phenoxy) is 1. The standard InChI is InChI=1S/C13H16F3NO2/c14-13(15,16)11-2-1-7-17-12(11)19-10-5-3-9(8-18)4-6-10/h1-2,7,9-10,18H,3-6,8H2. The summed E-state index contributed by atoms with van der Waals surface area (Å²) < 4.78 is 43.7. The Kier molecular flexibility index (Phi) is 4.29. The number of rotatable bonds is 3. The molecule has 1 N–H and O–H groups in total. The van der Waals surface area contributed by atoms with Gasteiger partial charge >= 0.3 is 6.18 Å². The Morgan fingerprint density at radius 3 is 2.53 bits per heavy atom. The molecule has 0 atom stereocenters. The van der Waals surface area contributed by atoms with Crippen LogP contribution in [0.5, 0.6) is 5.88 Å². The molecule has 0 radical (unpaired) electrons. The van der Waals surface area contributed by atoms with Crippen LogP contribution in [0.25, 0.3) is 0 Å². The minimum absolute atomic E-state index is 0.129. The van der Waals surface area contributed by atoms with Crippen molar-refractivity contribution in [2.75, 3.05) is 6.61 Å². The normalized spacial score (nSPS) is 24.2. The first kappa shape index (κ1) is 14.1. The molecule has 0 aromatic carbocycles. The molecule has 0 aliphatic heterocycles.